The molecule has 2 heterocycles. The van der Waals surface area contributed by atoms with E-state index < -0.39 is 5.97 Å². The van der Waals surface area contributed by atoms with Gasteiger partial charge in [-0.25, -0.2) is 9.79 Å². The van der Waals surface area contributed by atoms with Crippen molar-refractivity contribution in [1.29, 1.82) is 10.5 Å². The average molecular weight is 290 g/mol. The zero-order valence-electron chi connectivity index (χ0n) is 11.0. The molecule has 1 aliphatic heterocycles. The third kappa shape index (κ3) is 2.32. The quantitative estimate of drug-likeness (QED) is 0.597. The molecule has 0 saturated heterocycles. The number of carbonyl (C=O) groups excluding carboxylic acids is 1. The molecule has 0 unspecified atom stereocenters. The Kier molecular flexibility index (Phi) is 3.19. The summed E-state index contributed by atoms with van der Waals surface area (Å²) in [5.74, 6) is -0.488. The van der Waals surface area contributed by atoms with Crippen LogP contribution in [0.4, 0.5) is 0 Å². The van der Waals surface area contributed by atoms with Gasteiger partial charge in [-0.15, -0.1) is 10.2 Å². The second-order valence-electron chi connectivity index (χ2n) is 4.13. The van der Waals surface area contributed by atoms with Gasteiger partial charge in [0.2, 0.25) is 17.3 Å². The van der Waals surface area contributed by atoms with E-state index in [0.29, 0.717) is 5.56 Å². The van der Waals surface area contributed by atoms with Gasteiger partial charge in [-0.1, -0.05) is 18.2 Å². The van der Waals surface area contributed by atoms with E-state index in [1.807, 2.05) is 6.07 Å². The van der Waals surface area contributed by atoms with E-state index in [9.17, 15) is 4.79 Å². The summed E-state index contributed by atoms with van der Waals surface area (Å²) < 4.78 is 5.07. The molecule has 22 heavy (non-hydrogen) atoms. The number of hydrogen-bond acceptors (Lipinski definition) is 7. The van der Waals surface area contributed by atoms with Gasteiger partial charge in [0.1, 0.15) is 12.1 Å². The van der Waals surface area contributed by atoms with Crippen LogP contribution in [-0.2, 0) is 9.53 Å². The number of esters is 1. The lowest BCUT2D eigenvalue weighted by atomic mass is 10.2. The van der Waals surface area contributed by atoms with E-state index >= 15 is 0 Å². The zero-order chi connectivity index (χ0) is 15.5. The van der Waals surface area contributed by atoms with Gasteiger partial charge in [0.15, 0.2) is 5.70 Å². The molecule has 8 heteroatoms. The first kappa shape index (κ1) is 13.2. The zero-order valence-corrected chi connectivity index (χ0v) is 11.0. The Bertz CT molecular complexity index is 864. The highest BCUT2D eigenvalue weighted by Gasteiger charge is 2.24. The van der Waals surface area contributed by atoms with Crippen molar-refractivity contribution in [3.05, 3.63) is 53.0 Å². The number of aromatic nitrogens is 3. The van der Waals surface area contributed by atoms with Crippen molar-refractivity contribution in [2.75, 3.05) is 0 Å². The summed E-state index contributed by atoms with van der Waals surface area (Å²) in [4.78, 5) is 16.8. The van der Waals surface area contributed by atoms with Crippen molar-refractivity contribution in [1.82, 2.24) is 15.0 Å². The number of hydrogen-bond donors (Lipinski definition) is 0. The van der Waals surface area contributed by atoms with E-state index in [4.69, 9.17) is 15.3 Å². The fraction of sp³-hybridized carbons (Fsp3) is 0. The lowest BCUT2D eigenvalue weighted by Crippen LogP contribution is -2.05. The fourth-order valence-corrected chi connectivity index (χ4v) is 1.74. The molecular weight excluding hydrogens is 284 g/mol. The molecule has 0 radical (unpaired) electrons. The Balaban J connectivity index is 1.97. The molecule has 0 fully saturated rings. The summed E-state index contributed by atoms with van der Waals surface area (Å²) in [5, 5.41) is 25.1. The molecule has 8 nitrogen and oxygen atoms in total. The van der Waals surface area contributed by atoms with Crippen LogP contribution in [0.15, 0.2) is 41.0 Å². The highest BCUT2D eigenvalue weighted by molar-refractivity contribution is 6.12. The highest BCUT2D eigenvalue weighted by atomic mass is 16.6. The number of rotatable bonds is 2. The van der Waals surface area contributed by atoms with E-state index in [0.717, 1.165) is 4.80 Å². The lowest BCUT2D eigenvalue weighted by molar-refractivity contribution is -0.129. The van der Waals surface area contributed by atoms with Gasteiger partial charge in [0.25, 0.3) is 0 Å². The van der Waals surface area contributed by atoms with Crippen LogP contribution in [0, 0.1) is 22.7 Å². The maximum Gasteiger partial charge on any atom is 0.365 e. The van der Waals surface area contributed by atoms with Crippen LogP contribution in [0.2, 0.25) is 0 Å². The number of nitrogens with zero attached hydrogens (tertiary/aromatic N) is 6. The standard InChI is InChI=1S/C14H6N6O2/c15-6-10-11(7-16)19-20(18-10)8-12-14(21)22-13(17-12)9-4-2-1-3-5-9/h1-5,8H/b12-8-. The van der Waals surface area contributed by atoms with Crippen molar-refractivity contribution in [2.24, 2.45) is 4.99 Å². The number of carbonyl (C=O) groups is 1. The molecule has 0 saturated carbocycles. The van der Waals surface area contributed by atoms with Crippen molar-refractivity contribution in [2.45, 2.75) is 0 Å². The van der Waals surface area contributed by atoms with Crippen LogP contribution in [-0.4, -0.2) is 26.9 Å². The molecule has 0 atom stereocenters. The van der Waals surface area contributed by atoms with Crippen molar-refractivity contribution in [3.63, 3.8) is 0 Å². The molecule has 0 N–H and O–H groups in total. The van der Waals surface area contributed by atoms with Crippen LogP contribution in [0.3, 0.4) is 0 Å². The molecule has 0 amide bonds. The first-order valence-electron chi connectivity index (χ1n) is 6.06. The third-order valence-corrected chi connectivity index (χ3v) is 2.72. The summed E-state index contributed by atoms with van der Waals surface area (Å²) in [5.41, 5.74) is 0.377. The Morgan fingerprint density at radius 3 is 2.32 bits per heavy atom. The predicted molar refractivity (Wildman–Crippen MR) is 72.8 cm³/mol. The normalized spacial score (nSPS) is 15.1. The van der Waals surface area contributed by atoms with Crippen LogP contribution in [0.1, 0.15) is 17.0 Å². The molecular formula is C14H6N6O2. The molecule has 3 rings (SSSR count). The van der Waals surface area contributed by atoms with Gasteiger partial charge in [-0.05, 0) is 12.1 Å². The third-order valence-electron chi connectivity index (χ3n) is 2.72. The largest absolute Gasteiger partial charge is 0.402 e. The number of ether oxygens (including phenoxy) is 1. The molecule has 0 bridgehead atoms. The van der Waals surface area contributed by atoms with Crippen molar-refractivity contribution in [3.8, 4) is 12.1 Å². The topological polar surface area (TPSA) is 117 Å². The summed E-state index contributed by atoms with van der Waals surface area (Å²) in [6.45, 7) is 0. The minimum Gasteiger partial charge on any atom is -0.402 e. The molecule has 104 valence electrons. The van der Waals surface area contributed by atoms with Crippen LogP contribution < -0.4 is 0 Å². The second kappa shape index (κ2) is 5.31. The Labute approximate surface area is 124 Å². The molecule has 1 aromatic carbocycles. The van der Waals surface area contributed by atoms with Crippen LogP contribution in [0.5, 0.6) is 0 Å². The van der Waals surface area contributed by atoms with E-state index in [1.54, 1.807) is 36.4 Å². The lowest BCUT2D eigenvalue weighted by Gasteiger charge is -1.97. The van der Waals surface area contributed by atoms with Gasteiger partial charge in [-0.2, -0.15) is 15.3 Å². The molecule has 0 spiro atoms. The first-order chi connectivity index (χ1) is 10.7. The fourth-order valence-electron chi connectivity index (χ4n) is 1.74. The van der Waals surface area contributed by atoms with Gasteiger partial charge in [0, 0.05) is 5.56 Å². The monoisotopic (exact) mass is 290 g/mol. The van der Waals surface area contributed by atoms with Gasteiger partial charge in [0.05, 0.1) is 6.20 Å². The number of cyclic esters (lactones) is 1. The summed E-state index contributed by atoms with van der Waals surface area (Å²) in [6, 6.07) is 12.4. The Morgan fingerprint density at radius 1 is 1.09 bits per heavy atom. The van der Waals surface area contributed by atoms with E-state index in [2.05, 4.69) is 15.2 Å². The van der Waals surface area contributed by atoms with Crippen molar-refractivity contribution >= 4 is 18.1 Å². The Hall–Kier alpha value is -3.78. The number of aliphatic imine (C=N–C) groups is 1. The van der Waals surface area contributed by atoms with E-state index in [-0.39, 0.29) is 23.0 Å². The summed E-state index contributed by atoms with van der Waals surface area (Å²) >= 11 is 0. The number of nitriles is 2. The van der Waals surface area contributed by atoms with Gasteiger partial charge < -0.3 is 4.74 Å². The molecule has 1 aromatic heterocycles. The maximum atomic E-state index is 11.8. The van der Waals surface area contributed by atoms with Crippen molar-refractivity contribution < 1.29 is 9.53 Å². The second-order valence-corrected chi connectivity index (χ2v) is 4.13. The minimum atomic E-state index is -0.659. The Morgan fingerprint density at radius 2 is 1.73 bits per heavy atom. The van der Waals surface area contributed by atoms with Crippen LogP contribution in [0.25, 0.3) is 6.20 Å². The SMILES string of the molecule is N#Cc1nn(/C=C2\N=C(c3ccccc3)OC2=O)nc1C#N. The van der Waals surface area contributed by atoms with Crippen LogP contribution >= 0.6 is 0 Å². The molecule has 0 aliphatic carbocycles. The smallest absolute Gasteiger partial charge is 0.365 e. The van der Waals surface area contributed by atoms with E-state index in [1.165, 1.54) is 6.20 Å². The van der Waals surface area contributed by atoms with Gasteiger partial charge >= 0.3 is 5.97 Å². The number of benzene rings is 1. The summed E-state index contributed by atoms with van der Waals surface area (Å²) in [7, 11) is 0. The maximum absolute atomic E-state index is 11.8. The minimum absolute atomic E-state index is 0.0252. The molecule has 1 aliphatic rings. The summed E-state index contributed by atoms with van der Waals surface area (Å²) in [6.07, 6.45) is 1.19. The van der Waals surface area contributed by atoms with Gasteiger partial charge in [-0.3, -0.25) is 0 Å². The predicted octanol–water partition coefficient (Wildman–Crippen LogP) is 0.823. The first-order valence-corrected chi connectivity index (χ1v) is 6.06. The highest BCUT2D eigenvalue weighted by Crippen LogP contribution is 2.16. The molecule has 2 aromatic rings. The average Bonchev–Trinajstić information content (AvgIpc) is 3.12.